The predicted octanol–water partition coefficient (Wildman–Crippen LogP) is 5.53. The van der Waals surface area contributed by atoms with Gasteiger partial charge in [0.2, 0.25) is 0 Å². The Morgan fingerprint density at radius 3 is 1.43 bits per heavy atom. The zero-order valence-electron chi connectivity index (χ0n) is 53.5. The lowest BCUT2D eigenvalue weighted by molar-refractivity contribution is -0.170. The number of hydrogen-bond acceptors (Lipinski definition) is 22. The highest BCUT2D eigenvalue weighted by Crippen LogP contribution is 2.35. The summed E-state index contributed by atoms with van der Waals surface area (Å²) in [5.41, 5.74) is 1.65. The van der Waals surface area contributed by atoms with Crippen molar-refractivity contribution >= 4 is 60.0 Å². The SMILES string of the molecule is CON(C)C(=O)CBr.CON(C)C(=O)COc1cccc(S(=O)(=O)N(C[C@@H](O)[C@H](Cc2ccccc2)NC(=O)OC2CO[C@H]3OCC[C@@H]23)OC2CCCC2)c1.O=C(N[C@@H](Cc1ccccc1)[C@H](O)CN(OC1CCCC1)S(=O)(=O)c1cccc(O)c1)OC1CO[C@H]2OCC[C@@H]12. The molecular weight excluding hydrogens is 1350 g/mol. The molecule has 524 valence electrons. The van der Waals surface area contributed by atoms with Crippen LogP contribution in [-0.4, -0.2) is 216 Å². The molecule has 28 nitrogen and oxygen atoms in total. The van der Waals surface area contributed by atoms with Crippen molar-refractivity contribution in [1.29, 1.82) is 0 Å². The number of aliphatic hydroxyl groups excluding tert-OH is 2. The first-order valence-electron chi connectivity index (χ1n) is 31.6. The predicted molar refractivity (Wildman–Crippen MR) is 342 cm³/mol. The van der Waals surface area contributed by atoms with Gasteiger partial charge in [0.25, 0.3) is 31.9 Å². The highest BCUT2D eigenvalue weighted by atomic mass is 79.9. The Hall–Kier alpha value is -6.14. The number of carbonyl (C=O) groups is 4. The number of fused-ring (bicyclic) bond motifs is 2. The Kier molecular flexibility index (Phi) is 28.6. The van der Waals surface area contributed by atoms with Crippen molar-refractivity contribution in [2.45, 2.75) is 148 Å². The molecule has 0 radical (unpaired) electrons. The molecular formula is C64H87BrN6O22S2. The number of sulfonamides is 2. The molecule has 2 unspecified atom stereocenters. The maximum absolute atomic E-state index is 14.0. The molecule has 4 aromatic rings. The van der Waals surface area contributed by atoms with Crippen molar-refractivity contribution in [3.05, 3.63) is 120 Å². The van der Waals surface area contributed by atoms with E-state index in [-0.39, 0.29) is 90.2 Å². The molecule has 6 aliphatic rings. The molecule has 4 heterocycles. The second kappa shape index (κ2) is 36.4. The van der Waals surface area contributed by atoms with E-state index in [1.165, 1.54) is 63.7 Å². The van der Waals surface area contributed by atoms with Crippen LogP contribution in [-0.2, 0) is 90.2 Å². The fourth-order valence-corrected chi connectivity index (χ4v) is 14.5. The number of nitrogens with zero attached hydrogens (tertiary/aromatic N) is 4. The summed E-state index contributed by atoms with van der Waals surface area (Å²) in [5.74, 6) is -0.750. The summed E-state index contributed by atoms with van der Waals surface area (Å²) in [5, 5.41) is 40.8. The van der Waals surface area contributed by atoms with Crippen LogP contribution in [0.1, 0.15) is 75.3 Å². The fraction of sp³-hybridized carbons (Fsp3) is 0.562. The topological polar surface area (TPSA) is 336 Å². The van der Waals surface area contributed by atoms with Crippen molar-refractivity contribution < 1.29 is 104 Å². The first kappa shape index (κ1) is 74.6. The van der Waals surface area contributed by atoms with Gasteiger partial charge in [-0.25, -0.2) is 36.6 Å². The summed E-state index contributed by atoms with van der Waals surface area (Å²) in [4.78, 5) is 69.8. The molecule has 2 aliphatic carbocycles. The van der Waals surface area contributed by atoms with Gasteiger partial charge in [-0.05, 0) is 92.8 Å². The van der Waals surface area contributed by atoms with E-state index in [1.54, 1.807) is 7.05 Å². The van der Waals surface area contributed by atoms with Crippen molar-refractivity contribution in [1.82, 2.24) is 29.7 Å². The van der Waals surface area contributed by atoms with E-state index in [4.69, 9.17) is 47.7 Å². The highest BCUT2D eigenvalue weighted by molar-refractivity contribution is 9.09. The van der Waals surface area contributed by atoms with Gasteiger partial charge in [0.1, 0.15) is 23.7 Å². The van der Waals surface area contributed by atoms with Crippen LogP contribution < -0.4 is 15.4 Å². The largest absolute Gasteiger partial charge is 0.508 e. The van der Waals surface area contributed by atoms with E-state index in [2.05, 4.69) is 31.4 Å². The summed E-state index contributed by atoms with van der Waals surface area (Å²) in [6.07, 6.45) is 1.43. The van der Waals surface area contributed by atoms with Crippen LogP contribution in [0.25, 0.3) is 0 Å². The third-order valence-electron chi connectivity index (χ3n) is 16.9. The Bertz CT molecular complexity index is 3310. The zero-order valence-corrected chi connectivity index (χ0v) is 56.8. The molecule has 0 aromatic heterocycles. The van der Waals surface area contributed by atoms with Crippen molar-refractivity contribution in [2.75, 3.05) is 79.8 Å². The number of alkyl carbamates (subject to hydrolysis) is 2. The number of carbonyl (C=O) groups excluding carboxylic acids is 4. The number of benzene rings is 4. The van der Waals surface area contributed by atoms with Crippen molar-refractivity contribution in [3.8, 4) is 11.5 Å². The minimum Gasteiger partial charge on any atom is -0.508 e. The standard InChI is InChI=1S/C32H43N3O11S.C28H36N2O9S.C4H8BrNO2/c1-34(41-2)30(37)21-43-24-13-8-14-25(18-24)47(39,40)35(46-23-11-6-7-12-23)19-28(36)27(17-22-9-4-3-5-10-22)33-32(38)45-29-20-44-31-26(29)15-16-42-31;31-20-9-6-12-22(16-20)40(34,35)30(39-21-10-4-5-11-21)17-25(32)24(15-19-7-2-1-3-8-19)29-28(33)38-26-18-37-27-23(26)13-14-36-27;1-6(8-2)4(7)3-5/h3-5,8-10,13-14,18,23,26-29,31,36H,6-7,11-12,15-17,19-21H2,1-2H3,(H,33,38);1-3,6-9,12,16,21,23-27,31-32H,4-5,10-11,13-15,17-18H2,(H,29,33);3H2,1-2H3/t26-,27-,28+,29?,31+;23-,24-,25+,26?,27+;/m00./s1. The second-order valence-electron chi connectivity index (χ2n) is 23.5. The van der Waals surface area contributed by atoms with Gasteiger partial charge in [0.05, 0.1) is 117 Å². The van der Waals surface area contributed by atoms with Crippen molar-refractivity contribution in [2.24, 2.45) is 11.8 Å². The monoisotopic (exact) mass is 1430 g/mol. The van der Waals surface area contributed by atoms with Crippen LogP contribution in [0.3, 0.4) is 0 Å². The lowest BCUT2D eigenvalue weighted by Gasteiger charge is -2.31. The Morgan fingerprint density at radius 2 is 1.01 bits per heavy atom. The lowest BCUT2D eigenvalue weighted by Crippen LogP contribution is -2.51. The molecule has 4 aromatic carbocycles. The summed E-state index contributed by atoms with van der Waals surface area (Å²) < 4.78 is 95.9. The number of aromatic hydroxyl groups is 1. The number of halogens is 1. The van der Waals surface area contributed by atoms with Crippen LogP contribution in [0.2, 0.25) is 0 Å². The molecule has 4 saturated heterocycles. The molecule has 5 N–H and O–H groups in total. The first-order chi connectivity index (χ1) is 45.6. The van der Waals surface area contributed by atoms with Gasteiger partial charge in [-0.2, -0.15) is 0 Å². The number of phenols is 1. The summed E-state index contributed by atoms with van der Waals surface area (Å²) in [6, 6.07) is 27.6. The number of likely N-dealkylation sites (N-methyl/N-ethyl adjacent to an activating group) is 1. The molecule has 31 heteroatoms. The average molecular weight is 1440 g/mol. The van der Waals surface area contributed by atoms with Crippen molar-refractivity contribution in [3.63, 3.8) is 0 Å². The first-order valence-corrected chi connectivity index (χ1v) is 35.6. The number of rotatable bonds is 28. The molecule has 4 aliphatic heterocycles. The molecule has 4 amide bonds. The van der Waals surface area contributed by atoms with Gasteiger partial charge in [0, 0.05) is 20.2 Å². The van der Waals surface area contributed by atoms with E-state index in [1.807, 2.05) is 60.7 Å². The number of ether oxygens (including phenoxy) is 7. The summed E-state index contributed by atoms with van der Waals surface area (Å²) in [7, 11) is -2.83. The second-order valence-corrected chi connectivity index (χ2v) is 27.7. The van der Waals surface area contributed by atoms with E-state index < -0.39 is 94.0 Å². The van der Waals surface area contributed by atoms with Gasteiger partial charge >= 0.3 is 12.2 Å². The van der Waals surface area contributed by atoms with Crippen LogP contribution >= 0.6 is 15.9 Å². The lowest BCUT2D eigenvalue weighted by atomic mass is 10.0. The van der Waals surface area contributed by atoms with Crippen LogP contribution in [0.15, 0.2) is 119 Å². The number of aliphatic hydroxyl groups is 2. The van der Waals surface area contributed by atoms with Crippen LogP contribution in [0.5, 0.6) is 11.5 Å². The molecule has 10 atom stereocenters. The maximum atomic E-state index is 14.0. The molecule has 0 bridgehead atoms. The third kappa shape index (κ3) is 21.7. The Balaban J connectivity index is 0.000000220. The van der Waals surface area contributed by atoms with Gasteiger partial charge < -0.3 is 59.1 Å². The van der Waals surface area contributed by atoms with Gasteiger partial charge in [-0.3, -0.25) is 28.9 Å². The minimum atomic E-state index is -4.35. The zero-order chi connectivity index (χ0) is 68.1. The van der Waals surface area contributed by atoms with Gasteiger partial charge in [-0.1, -0.05) is 123 Å². The summed E-state index contributed by atoms with van der Waals surface area (Å²) in [6.45, 7) is 0.183. The molecule has 95 heavy (non-hydrogen) atoms. The third-order valence-corrected chi connectivity index (χ3v) is 20.6. The smallest absolute Gasteiger partial charge is 0.407 e. The van der Waals surface area contributed by atoms with Gasteiger partial charge in [-0.15, -0.1) is 0 Å². The molecule has 0 spiro atoms. The summed E-state index contributed by atoms with van der Waals surface area (Å²) >= 11 is 2.98. The molecule has 10 rings (SSSR count). The molecule has 6 fully saturated rings. The quantitative estimate of drug-likeness (QED) is 0.0345. The van der Waals surface area contributed by atoms with Gasteiger partial charge in [0.15, 0.2) is 19.2 Å². The number of phenolic OH excluding ortho intramolecular Hbond substituents is 1. The number of alkyl halides is 1. The number of amides is 4. The average Bonchev–Trinajstić information content (AvgIpc) is 1.40. The van der Waals surface area contributed by atoms with E-state index in [0.29, 0.717) is 50.6 Å². The van der Waals surface area contributed by atoms with Crippen LogP contribution in [0, 0.1) is 11.8 Å². The van der Waals surface area contributed by atoms with Crippen LogP contribution in [0.4, 0.5) is 9.59 Å². The number of hydroxylamine groups is 6. The highest BCUT2D eigenvalue weighted by Gasteiger charge is 2.46. The number of hydrogen-bond donors (Lipinski definition) is 5. The Labute approximate surface area is 562 Å². The van der Waals surface area contributed by atoms with E-state index in [0.717, 1.165) is 68.4 Å². The number of nitrogens with one attached hydrogen (secondary N) is 2. The normalized spacial score (nSPS) is 22.2. The van der Waals surface area contributed by atoms with E-state index in [9.17, 15) is 51.3 Å². The Morgan fingerprint density at radius 1 is 0.579 bits per heavy atom. The van der Waals surface area contributed by atoms with E-state index >= 15 is 0 Å². The molecule has 2 saturated carbocycles. The fourth-order valence-electron chi connectivity index (χ4n) is 11.4. The minimum absolute atomic E-state index is 0.0500. The maximum Gasteiger partial charge on any atom is 0.407 e.